The van der Waals surface area contributed by atoms with Gasteiger partial charge in [-0.1, -0.05) is 109 Å². The largest absolute Gasteiger partial charge is 0.309 e. The molecule has 214 valence electrons. The van der Waals surface area contributed by atoms with E-state index in [2.05, 4.69) is 155 Å². The maximum atomic E-state index is 5.44. The van der Waals surface area contributed by atoms with Gasteiger partial charge in [-0.3, -0.25) is 4.57 Å². The highest BCUT2D eigenvalue weighted by Crippen LogP contribution is 2.42. The van der Waals surface area contributed by atoms with E-state index >= 15 is 0 Å². The average molecular weight is 587 g/mol. The second-order valence-electron chi connectivity index (χ2n) is 11.8. The molecule has 4 nitrogen and oxygen atoms in total. The third-order valence-electron chi connectivity index (χ3n) is 9.27. The topological polar surface area (TPSA) is 35.6 Å². The van der Waals surface area contributed by atoms with Crippen LogP contribution >= 0.6 is 0 Å². The van der Waals surface area contributed by atoms with Crippen LogP contribution in [0.15, 0.2) is 158 Å². The highest BCUT2D eigenvalue weighted by molar-refractivity contribution is 6.16. The third-order valence-corrected chi connectivity index (χ3v) is 9.27. The van der Waals surface area contributed by atoms with Crippen molar-refractivity contribution in [1.29, 1.82) is 0 Å². The molecular weight excluding hydrogens is 560 g/mol. The standard InChI is InChI=1S/C42H26N4/c1-2-15-29(16-3-1)45-37-23-10-6-17-30(37)32-19-12-20-33(41(32)45)40-42(44-36-22-9-8-21-35(36)43-40)46-38-24-11-7-18-31(38)34-25-27-13-4-5-14-28(27)26-39(34)46/h1-26H. The number of fused-ring (bicyclic) bond motifs is 8. The van der Waals surface area contributed by atoms with Gasteiger partial charge in [0.05, 0.1) is 33.1 Å². The quantitative estimate of drug-likeness (QED) is 0.206. The molecule has 0 spiro atoms. The first-order chi connectivity index (χ1) is 22.8. The molecule has 3 aromatic heterocycles. The Morgan fingerprint density at radius 2 is 0.978 bits per heavy atom. The first kappa shape index (κ1) is 25.1. The summed E-state index contributed by atoms with van der Waals surface area (Å²) in [4.78, 5) is 10.9. The van der Waals surface area contributed by atoms with Crippen molar-refractivity contribution in [3.8, 4) is 22.8 Å². The second-order valence-corrected chi connectivity index (χ2v) is 11.8. The Kier molecular flexibility index (Phi) is 5.25. The molecule has 0 aliphatic rings. The van der Waals surface area contributed by atoms with Gasteiger partial charge in [-0.25, -0.2) is 9.97 Å². The normalized spacial score (nSPS) is 11.9. The van der Waals surface area contributed by atoms with Gasteiger partial charge >= 0.3 is 0 Å². The SMILES string of the molecule is c1ccc(-n2c3ccccc3c3cccc(-c4nc5ccccc5nc4-n4c5ccccc5c5cc6ccccc6cc54)c32)cc1. The zero-order valence-corrected chi connectivity index (χ0v) is 24.8. The Labute approximate surface area is 264 Å². The molecule has 0 unspecified atom stereocenters. The Hall–Kier alpha value is -6.26. The van der Waals surface area contributed by atoms with Crippen LogP contribution in [0.1, 0.15) is 0 Å². The molecule has 4 heteroatoms. The van der Waals surface area contributed by atoms with Crippen molar-refractivity contribution in [2.45, 2.75) is 0 Å². The van der Waals surface area contributed by atoms with Gasteiger partial charge in [0, 0.05) is 32.8 Å². The van der Waals surface area contributed by atoms with Crippen molar-refractivity contribution < 1.29 is 0 Å². The Bertz CT molecular complexity index is 2810. The van der Waals surface area contributed by atoms with E-state index in [4.69, 9.17) is 9.97 Å². The predicted octanol–water partition coefficient (Wildman–Crippen LogP) is 10.6. The monoisotopic (exact) mass is 586 g/mol. The molecule has 0 radical (unpaired) electrons. The minimum Gasteiger partial charge on any atom is -0.309 e. The van der Waals surface area contributed by atoms with Crippen molar-refractivity contribution in [3.63, 3.8) is 0 Å². The van der Waals surface area contributed by atoms with E-state index in [1.165, 1.54) is 32.3 Å². The van der Waals surface area contributed by atoms with E-state index < -0.39 is 0 Å². The van der Waals surface area contributed by atoms with Crippen molar-refractivity contribution >= 4 is 65.4 Å². The zero-order chi connectivity index (χ0) is 30.2. The van der Waals surface area contributed by atoms with Crippen molar-refractivity contribution in [2.24, 2.45) is 0 Å². The van der Waals surface area contributed by atoms with Crippen LogP contribution in [-0.4, -0.2) is 19.1 Å². The first-order valence-corrected chi connectivity index (χ1v) is 15.6. The van der Waals surface area contributed by atoms with Crippen LogP contribution in [-0.2, 0) is 0 Å². The molecule has 0 aliphatic carbocycles. The van der Waals surface area contributed by atoms with Gasteiger partial charge < -0.3 is 4.57 Å². The number of nitrogens with zero attached hydrogens (tertiary/aromatic N) is 4. The number of aromatic nitrogens is 4. The summed E-state index contributed by atoms with van der Waals surface area (Å²) in [6.45, 7) is 0. The summed E-state index contributed by atoms with van der Waals surface area (Å²) >= 11 is 0. The van der Waals surface area contributed by atoms with E-state index in [0.29, 0.717) is 0 Å². The van der Waals surface area contributed by atoms with Gasteiger partial charge in [0.15, 0.2) is 5.82 Å². The maximum Gasteiger partial charge on any atom is 0.165 e. The smallest absolute Gasteiger partial charge is 0.165 e. The van der Waals surface area contributed by atoms with Gasteiger partial charge in [-0.05, 0) is 59.3 Å². The summed E-state index contributed by atoms with van der Waals surface area (Å²) < 4.78 is 4.69. The Morgan fingerprint density at radius 3 is 1.76 bits per heavy atom. The zero-order valence-electron chi connectivity index (χ0n) is 24.8. The minimum absolute atomic E-state index is 0.817. The molecule has 7 aromatic carbocycles. The molecule has 10 rings (SSSR count). The van der Waals surface area contributed by atoms with E-state index in [-0.39, 0.29) is 0 Å². The maximum absolute atomic E-state index is 5.44. The second kappa shape index (κ2) is 9.62. The Balaban J connectivity index is 1.40. The van der Waals surface area contributed by atoms with Crippen LogP contribution in [0.25, 0.3) is 88.2 Å². The molecule has 0 N–H and O–H groups in total. The highest BCUT2D eigenvalue weighted by atomic mass is 15.1. The van der Waals surface area contributed by atoms with Gasteiger partial charge in [0.2, 0.25) is 0 Å². The van der Waals surface area contributed by atoms with E-state index in [1.807, 2.05) is 12.1 Å². The average Bonchev–Trinajstić information content (AvgIpc) is 3.63. The molecule has 0 amide bonds. The number of rotatable bonds is 3. The van der Waals surface area contributed by atoms with E-state index in [9.17, 15) is 0 Å². The number of hydrogen-bond donors (Lipinski definition) is 0. The number of para-hydroxylation sites is 6. The van der Waals surface area contributed by atoms with Crippen molar-refractivity contribution in [3.05, 3.63) is 158 Å². The molecular formula is C42H26N4. The summed E-state index contributed by atoms with van der Waals surface area (Å²) in [5.74, 6) is 0.817. The molecule has 0 bridgehead atoms. The van der Waals surface area contributed by atoms with Crippen molar-refractivity contribution in [2.75, 3.05) is 0 Å². The predicted molar refractivity (Wildman–Crippen MR) is 191 cm³/mol. The van der Waals surface area contributed by atoms with E-state index in [0.717, 1.165) is 55.9 Å². The molecule has 0 aliphatic heterocycles. The van der Waals surface area contributed by atoms with Crippen LogP contribution in [0.2, 0.25) is 0 Å². The fraction of sp³-hybridized carbons (Fsp3) is 0. The summed E-state index contributed by atoms with van der Waals surface area (Å²) in [7, 11) is 0. The Morgan fingerprint density at radius 1 is 0.391 bits per heavy atom. The third kappa shape index (κ3) is 3.55. The van der Waals surface area contributed by atoms with Crippen molar-refractivity contribution in [1.82, 2.24) is 19.1 Å². The van der Waals surface area contributed by atoms with E-state index in [1.54, 1.807) is 0 Å². The molecule has 0 saturated carbocycles. The van der Waals surface area contributed by atoms with Crippen LogP contribution in [0.5, 0.6) is 0 Å². The molecule has 10 aromatic rings. The minimum atomic E-state index is 0.817. The summed E-state index contributed by atoms with van der Waals surface area (Å²) in [5.41, 5.74) is 9.23. The van der Waals surface area contributed by atoms with Gasteiger partial charge in [-0.2, -0.15) is 0 Å². The van der Waals surface area contributed by atoms with Gasteiger partial charge in [0.25, 0.3) is 0 Å². The first-order valence-electron chi connectivity index (χ1n) is 15.6. The molecule has 46 heavy (non-hydrogen) atoms. The van der Waals surface area contributed by atoms with Gasteiger partial charge in [-0.15, -0.1) is 0 Å². The summed E-state index contributed by atoms with van der Waals surface area (Å²) in [6.07, 6.45) is 0. The lowest BCUT2D eigenvalue weighted by Gasteiger charge is -2.16. The van der Waals surface area contributed by atoms with Crippen LogP contribution in [0.4, 0.5) is 0 Å². The van der Waals surface area contributed by atoms with Crippen LogP contribution in [0, 0.1) is 0 Å². The number of benzene rings is 7. The lowest BCUT2D eigenvalue weighted by atomic mass is 10.1. The van der Waals surface area contributed by atoms with Crippen LogP contribution in [0.3, 0.4) is 0 Å². The fourth-order valence-corrected chi connectivity index (χ4v) is 7.27. The lowest BCUT2D eigenvalue weighted by Crippen LogP contribution is -2.05. The highest BCUT2D eigenvalue weighted by Gasteiger charge is 2.23. The molecule has 0 atom stereocenters. The number of hydrogen-bond acceptors (Lipinski definition) is 2. The lowest BCUT2D eigenvalue weighted by molar-refractivity contribution is 1.08. The van der Waals surface area contributed by atoms with Gasteiger partial charge in [0.1, 0.15) is 5.69 Å². The summed E-state index contributed by atoms with van der Waals surface area (Å²) in [5, 5.41) is 7.21. The molecule has 3 heterocycles. The van der Waals surface area contributed by atoms with Crippen LogP contribution < -0.4 is 0 Å². The summed E-state index contributed by atoms with van der Waals surface area (Å²) in [6, 6.07) is 55.9. The molecule has 0 saturated heterocycles. The fourth-order valence-electron chi connectivity index (χ4n) is 7.27. The molecule has 0 fully saturated rings.